The maximum atomic E-state index is 13.1. The van der Waals surface area contributed by atoms with E-state index in [2.05, 4.69) is 25.0 Å². The molecule has 7 heteroatoms. The third-order valence-electron chi connectivity index (χ3n) is 4.98. The van der Waals surface area contributed by atoms with Gasteiger partial charge in [0.05, 0.1) is 33.5 Å². The summed E-state index contributed by atoms with van der Waals surface area (Å²) in [4.78, 5) is 13.1. The Morgan fingerprint density at radius 2 is 1.65 bits per heavy atom. The first-order valence-corrected chi connectivity index (χ1v) is 13.9. The highest BCUT2D eigenvalue weighted by atomic mass is 28.4. The van der Waals surface area contributed by atoms with Gasteiger partial charge in [-0.1, -0.05) is 42.5 Å². The Kier molecular flexibility index (Phi) is 9.25. The zero-order valence-corrected chi connectivity index (χ0v) is 20.4. The average Bonchev–Trinajstić information content (AvgIpc) is 2.75. The fourth-order valence-electron chi connectivity index (χ4n) is 3.33. The summed E-state index contributed by atoms with van der Waals surface area (Å²) in [5.41, 5.74) is 0.900. The standard InChI is InChI=1S/C24H35NO5Si/c1-19(30-31(4,5)6)24(23(26)28-3,18-29-17-21-10-8-7-9-11-21)25-16-20-12-14-22(27-2)15-13-20/h7-15,19,25H,16-18H2,1-6H3/t19?,24-/m1/s1. The number of hydrogen-bond donors (Lipinski definition) is 1. The van der Waals surface area contributed by atoms with Gasteiger partial charge in [0.2, 0.25) is 0 Å². The van der Waals surface area contributed by atoms with E-state index in [4.69, 9.17) is 18.6 Å². The van der Waals surface area contributed by atoms with Gasteiger partial charge in [-0.25, -0.2) is 4.79 Å². The molecule has 170 valence electrons. The molecule has 2 atom stereocenters. The van der Waals surface area contributed by atoms with E-state index in [-0.39, 0.29) is 6.61 Å². The fourth-order valence-corrected chi connectivity index (χ4v) is 4.59. The Morgan fingerprint density at radius 1 is 1.00 bits per heavy atom. The number of esters is 1. The molecule has 0 fully saturated rings. The molecule has 2 aromatic carbocycles. The second-order valence-corrected chi connectivity index (χ2v) is 13.0. The number of ether oxygens (including phenoxy) is 3. The minimum absolute atomic E-state index is 0.121. The molecular formula is C24H35NO5Si. The Bertz CT molecular complexity index is 807. The highest BCUT2D eigenvalue weighted by Crippen LogP contribution is 2.23. The summed E-state index contributed by atoms with van der Waals surface area (Å²) in [5.74, 6) is 0.379. The van der Waals surface area contributed by atoms with E-state index in [9.17, 15) is 4.79 Å². The normalized spacial score (nSPS) is 14.5. The van der Waals surface area contributed by atoms with Crippen LogP contribution < -0.4 is 10.1 Å². The third-order valence-corrected chi connectivity index (χ3v) is 6.04. The van der Waals surface area contributed by atoms with Gasteiger partial charge < -0.3 is 18.6 Å². The van der Waals surface area contributed by atoms with E-state index in [1.807, 2.05) is 61.5 Å². The molecule has 0 aliphatic carbocycles. The van der Waals surface area contributed by atoms with Gasteiger partial charge in [0, 0.05) is 6.54 Å². The second-order valence-electron chi connectivity index (χ2n) is 8.52. The van der Waals surface area contributed by atoms with Crippen molar-refractivity contribution in [2.75, 3.05) is 20.8 Å². The molecule has 0 saturated carbocycles. The minimum atomic E-state index is -1.93. The van der Waals surface area contributed by atoms with Gasteiger partial charge in [-0.3, -0.25) is 5.32 Å². The van der Waals surface area contributed by atoms with Crippen LogP contribution in [-0.2, 0) is 31.8 Å². The highest BCUT2D eigenvalue weighted by Gasteiger charge is 2.47. The van der Waals surface area contributed by atoms with Crippen LogP contribution in [0.15, 0.2) is 54.6 Å². The van der Waals surface area contributed by atoms with Crippen LogP contribution in [0.4, 0.5) is 0 Å². The number of carbonyl (C=O) groups is 1. The van der Waals surface area contributed by atoms with Crippen LogP contribution >= 0.6 is 0 Å². The average molecular weight is 446 g/mol. The van der Waals surface area contributed by atoms with Crippen LogP contribution in [0, 0.1) is 0 Å². The predicted octanol–water partition coefficient (Wildman–Crippen LogP) is 4.15. The zero-order valence-electron chi connectivity index (χ0n) is 19.4. The topological polar surface area (TPSA) is 66.0 Å². The van der Waals surface area contributed by atoms with Crippen molar-refractivity contribution in [3.63, 3.8) is 0 Å². The monoisotopic (exact) mass is 445 g/mol. The fraction of sp³-hybridized carbons (Fsp3) is 0.458. The summed E-state index contributed by atoms with van der Waals surface area (Å²) >= 11 is 0. The van der Waals surface area contributed by atoms with Crippen LogP contribution in [0.5, 0.6) is 5.75 Å². The largest absolute Gasteiger partial charge is 0.497 e. The molecule has 2 aromatic rings. The summed E-state index contributed by atoms with van der Waals surface area (Å²) < 4.78 is 22.8. The maximum absolute atomic E-state index is 13.1. The van der Waals surface area contributed by atoms with Gasteiger partial charge in [0.15, 0.2) is 13.9 Å². The van der Waals surface area contributed by atoms with Crippen molar-refractivity contribution in [3.8, 4) is 5.75 Å². The van der Waals surface area contributed by atoms with Gasteiger partial charge in [-0.15, -0.1) is 0 Å². The third kappa shape index (κ3) is 7.47. The van der Waals surface area contributed by atoms with Crippen LogP contribution in [-0.4, -0.2) is 46.8 Å². The Morgan fingerprint density at radius 3 is 2.19 bits per heavy atom. The summed E-state index contributed by atoms with van der Waals surface area (Å²) in [6.07, 6.45) is -0.444. The van der Waals surface area contributed by atoms with E-state index in [0.717, 1.165) is 16.9 Å². The lowest BCUT2D eigenvalue weighted by Gasteiger charge is -2.39. The molecule has 0 aliphatic rings. The zero-order chi connectivity index (χ0) is 22.9. The number of nitrogens with one attached hydrogen (secondary N) is 1. The molecule has 1 N–H and O–H groups in total. The maximum Gasteiger partial charge on any atom is 0.331 e. The van der Waals surface area contributed by atoms with Gasteiger partial charge in [-0.05, 0) is 49.8 Å². The SMILES string of the molecule is COC(=O)[C@](COCc1ccccc1)(NCc1ccc(OC)cc1)C(C)O[Si](C)(C)C. The first-order chi connectivity index (χ1) is 14.7. The van der Waals surface area contributed by atoms with Crippen LogP contribution in [0.3, 0.4) is 0 Å². The lowest BCUT2D eigenvalue weighted by molar-refractivity contribution is -0.157. The Labute approximate surface area is 187 Å². The molecular weight excluding hydrogens is 410 g/mol. The van der Waals surface area contributed by atoms with Crippen molar-refractivity contribution in [1.29, 1.82) is 0 Å². The molecule has 0 heterocycles. The van der Waals surface area contributed by atoms with Crippen LogP contribution in [0.25, 0.3) is 0 Å². The number of methoxy groups -OCH3 is 2. The number of benzene rings is 2. The van der Waals surface area contributed by atoms with Gasteiger partial charge in [0.25, 0.3) is 0 Å². The van der Waals surface area contributed by atoms with Crippen LogP contribution in [0.2, 0.25) is 19.6 Å². The Hall–Kier alpha value is -2.19. The van der Waals surface area contributed by atoms with E-state index >= 15 is 0 Å². The van der Waals surface area contributed by atoms with Crippen molar-refractivity contribution in [3.05, 3.63) is 65.7 Å². The van der Waals surface area contributed by atoms with Crippen molar-refractivity contribution < 1.29 is 23.4 Å². The smallest absolute Gasteiger partial charge is 0.331 e. The quantitative estimate of drug-likeness (QED) is 0.391. The first-order valence-electron chi connectivity index (χ1n) is 10.5. The summed E-state index contributed by atoms with van der Waals surface area (Å²) in [6, 6.07) is 17.6. The molecule has 1 unspecified atom stereocenters. The molecule has 0 saturated heterocycles. The summed E-state index contributed by atoms with van der Waals surface area (Å²) in [6.45, 7) is 9.16. The molecule has 6 nitrogen and oxygen atoms in total. The minimum Gasteiger partial charge on any atom is -0.497 e. The summed E-state index contributed by atoms with van der Waals surface area (Å²) in [5, 5.41) is 3.40. The molecule has 2 rings (SSSR count). The lowest BCUT2D eigenvalue weighted by atomic mass is 9.93. The van der Waals surface area contributed by atoms with E-state index < -0.39 is 25.9 Å². The molecule has 0 radical (unpaired) electrons. The predicted molar refractivity (Wildman–Crippen MR) is 125 cm³/mol. The second kappa shape index (κ2) is 11.4. The molecule has 31 heavy (non-hydrogen) atoms. The summed E-state index contributed by atoms with van der Waals surface area (Å²) in [7, 11) is 1.09. The molecule has 0 amide bonds. The van der Waals surface area contributed by atoms with Crippen molar-refractivity contribution in [1.82, 2.24) is 5.32 Å². The van der Waals surface area contributed by atoms with Crippen molar-refractivity contribution >= 4 is 14.3 Å². The number of carbonyl (C=O) groups excluding carboxylic acids is 1. The van der Waals surface area contributed by atoms with Crippen molar-refractivity contribution in [2.45, 2.75) is 51.4 Å². The van der Waals surface area contributed by atoms with Gasteiger partial charge in [0.1, 0.15) is 5.75 Å². The van der Waals surface area contributed by atoms with Gasteiger partial charge in [-0.2, -0.15) is 0 Å². The van der Waals surface area contributed by atoms with E-state index in [1.165, 1.54) is 7.11 Å². The number of rotatable bonds is 12. The molecule has 0 bridgehead atoms. The molecule has 0 aromatic heterocycles. The van der Waals surface area contributed by atoms with Gasteiger partial charge >= 0.3 is 5.97 Å². The first kappa shape index (κ1) is 25.1. The van der Waals surface area contributed by atoms with E-state index in [0.29, 0.717) is 13.2 Å². The molecule has 0 spiro atoms. The Balaban J connectivity index is 2.24. The van der Waals surface area contributed by atoms with Crippen molar-refractivity contribution in [2.24, 2.45) is 0 Å². The van der Waals surface area contributed by atoms with Crippen LogP contribution in [0.1, 0.15) is 18.1 Å². The number of hydrogen-bond acceptors (Lipinski definition) is 6. The lowest BCUT2D eigenvalue weighted by Crippen LogP contribution is -2.64. The van der Waals surface area contributed by atoms with E-state index in [1.54, 1.807) is 7.11 Å². The molecule has 0 aliphatic heterocycles. The highest BCUT2D eigenvalue weighted by molar-refractivity contribution is 6.69.